The highest BCUT2D eigenvalue weighted by molar-refractivity contribution is 5.97. The van der Waals surface area contributed by atoms with Crippen molar-refractivity contribution in [1.82, 2.24) is 9.80 Å². The van der Waals surface area contributed by atoms with Crippen LogP contribution in [0, 0.1) is 6.42 Å². The number of carbonyl (C=O) groups excluding carboxylic acids is 2. The van der Waals surface area contributed by atoms with E-state index in [2.05, 4.69) is 4.99 Å². The number of nitrogens with zero attached hydrogens (tertiary/aromatic N) is 3. The lowest BCUT2D eigenvalue weighted by Crippen LogP contribution is -2.50. The summed E-state index contributed by atoms with van der Waals surface area (Å²) in [5.41, 5.74) is 3.43. The molecule has 6 heteroatoms. The molecule has 0 bridgehead atoms. The van der Waals surface area contributed by atoms with Gasteiger partial charge in [-0.25, -0.2) is 4.79 Å². The van der Waals surface area contributed by atoms with E-state index < -0.39 is 0 Å². The minimum Gasteiger partial charge on any atom is -0.445 e. The Labute approximate surface area is 158 Å². The molecule has 137 valence electrons. The van der Waals surface area contributed by atoms with Gasteiger partial charge in [-0.05, 0) is 23.3 Å². The zero-order valence-electron chi connectivity index (χ0n) is 14.9. The van der Waals surface area contributed by atoms with Crippen molar-refractivity contribution in [1.29, 1.82) is 0 Å². The van der Waals surface area contributed by atoms with Crippen LogP contribution in [0.15, 0.2) is 53.5 Å². The molecule has 0 unspecified atom stereocenters. The Morgan fingerprint density at radius 2 is 1.70 bits per heavy atom. The van der Waals surface area contributed by atoms with E-state index in [9.17, 15) is 9.59 Å². The first kappa shape index (κ1) is 17.3. The van der Waals surface area contributed by atoms with Gasteiger partial charge in [-0.3, -0.25) is 9.79 Å². The van der Waals surface area contributed by atoms with Crippen LogP contribution in [-0.2, 0) is 11.3 Å². The Morgan fingerprint density at radius 1 is 0.963 bits per heavy atom. The summed E-state index contributed by atoms with van der Waals surface area (Å²) in [6, 6.07) is 15.1. The quantitative estimate of drug-likeness (QED) is 0.843. The number of rotatable bonds is 3. The number of ether oxygens (including phenoxy) is 1. The minimum absolute atomic E-state index is 0.0304. The Hall–Kier alpha value is -3.15. The normalized spacial score (nSPS) is 15.6. The number of hydrogen-bond donors (Lipinski definition) is 0. The third-order valence-electron chi connectivity index (χ3n) is 4.78. The van der Waals surface area contributed by atoms with Crippen molar-refractivity contribution in [2.75, 3.05) is 26.2 Å². The number of amides is 2. The van der Waals surface area contributed by atoms with E-state index in [4.69, 9.17) is 4.74 Å². The van der Waals surface area contributed by atoms with E-state index in [1.54, 1.807) is 16.0 Å². The predicted molar refractivity (Wildman–Crippen MR) is 102 cm³/mol. The molecule has 0 aliphatic carbocycles. The zero-order chi connectivity index (χ0) is 18.6. The van der Waals surface area contributed by atoms with Gasteiger partial charge in [0.25, 0.3) is 5.91 Å². The van der Waals surface area contributed by atoms with Crippen LogP contribution in [0.2, 0.25) is 0 Å². The maximum Gasteiger partial charge on any atom is 0.410 e. The molecule has 2 aliphatic heterocycles. The molecule has 6 nitrogen and oxygen atoms in total. The summed E-state index contributed by atoms with van der Waals surface area (Å²) in [7, 11) is 0. The molecule has 27 heavy (non-hydrogen) atoms. The van der Waals surface area contributed by atoms with Crippen LogP contribution in [0.4, 0.5) is 10.5 Å². The molecule has 2 aromatic carbocycles. The van der Waals surface area contributed by atoms with E-state index in [0.29, 0.717) is 31.7 Å². The van der Waals surface area contributed by atoms with E-state index in [0.717, 1.165) is 16.8 Å². The summed E-state index contributed by atoms with van der Waals surface area (Å²) in [6.45, 7) is 2.18. The first-order chi connectivity index (χ1) is 13.2. The van der Waals surface area contributed by atoms with Crippen LogP contribution < -0.4 is 0 Å². The van der Waals surface area contributed by atoms with E-state index >= 15 is 0 Å². The van der Waals surface area contributed by atoms with Gasteiger partial charge in [-0.2, -0.15) is 0 Å². The van der Waals surface area contributed by atoms with Crippen LogP contribution in [-0.4, -0.2) is 54.2 Å². The van der Waals surface area contributed by atoms with Gasteiger partial charge in [0.15, 0.2) is 0 Å². The first-order valence-electron chi connectivity index (χ1n) is 8.97. The highest BCUT2D eigenvalue weighted by Gasteiger charge is 2.26. The maximum absolute atomic E-state index is 12.7. The van der Waals surface area contributed by atoms with Crippen LogP contribution in [0.5, 0.6) is 0 Å². The lowest BCUT2D eigenvalue weighted by molar-refractivity contribution is 0.0544. The molecule has 1 fully saturated rings. The van der Waals surface area contributed by atoms with Gasteiger partial charge >= 0.3 is 6.09 Å². The number of aliphatic imine (C=N–C) groups is 1. The van der Waals surface area contributed by atoms with Crippen molar-refractivity contribution in [2.24, 2.45) is 4.99 Å². The number of benzene rings is 2. The van der Waals surface area contributed by atoms with Gasteiger partial charge in [-0.15, -0.1) is 0 Å². The van der Waals surface area contributed by atoms with Crippen LogP contribution in [0.1, 0.15) is 21.5 Å². The number of hydrogen-bond acceptors (Lipinski definition) is 4. The maximum atomic E-state index is 12.7. The Morgan fingerprint density at radius 3 is 2.48 bits per heavy atom. The molecule has 0 aromatic heterocycles. The Balaban J connectivity index is 1.30. The fraction of sp³-hybridized carbons (Fsp3) is 0.238. The predicted octanol–water partition coefficient (Wildman–Crippen LogP) is 3.05. The molecule has 2 heterocycles. The van der Waals surface area contributed by atoms with Crippen LogP contribution in [0.25, 0.3) is 0 Å². The second-order valence-corrected chi connectivity index (χ2v) is 6.54. The van der Waals surface area contributed by atoms with Crippen LogP contribution >= 0.6 is 0 Å². The SMILES string of the molecule is O=C(OCc1ccccc1)N1CCN(C(=O)c2ccc3c(c2)N=C[CH]3)CC1. The lowest BCUT2D eigenvalue weighted by Gasteiger charge is -2.34. The van der Waals surface area contributed by atoms with Gasteiger partial charge < -0.3 is 14.5 Å². The average molecular weight is 362 g/mol. The van der Waals surface area contributed by atoms with Crippen molar-refractivity contribution in [2.45, 2.75) is 6.61 Å². The molecule has 0 atom stereocenters. The molecule has 2 amide bonds. The van der Waals surface area contributed by atoms with Crippen molar-refractivity contribution >= 4 is 23.9 Å². The Bertz CT molecular complexity index is 871. The summed E-state index contributed by atoms with van der Waals surface area (Å²) in [6.07, 6.45) is 3.32. The molecule has 0 spiro atoms. The topological polar surface area (TPSA) is 62.2 Å². The molecule has 2 aliphatic rings. The molecule has 0 saturated carbocycles. The Kier molecular flexibility index (Phi) is 4.87. The van der Waals surface area contributed by atoms with Gasteiger partial charge in [0.1, 0.15) is 6.61 Å². The number of fused-ring (bicyclic) bond motifs is 1. The largest absolute Gasteiger partial charge is 0.445 e. The molecule has 1 radical (unpaired) electrons. The van der Waals surface area contributed by atoms with E-state index in [-0.39, 0.29) is 18.6 Å². The molecule has 1 saturated heterocycles. The highest BCUT2D eigenvalue weighted by Crippen LogP contribution is 2.27. The van der Waals surface area contributed by atoms with Gasteiger partial charge in [0.2, 0.25) is 0 Å². The van der Waals surface area contributed by atoms with Crippen molar-refractivity contribution < 1.29 is 14.3 Å². The summed E-state index contributed by atoms with van der Waals surface area (Å²) in [5, 5.41) is 0. The zero-order valence-corrected chi connectivity index (χ0v) is 14.9. The fourth-order valence-corrected chi connectivity index (χ4v) is 3.21. The molecular formula is C21H20N3O3. The van der Waals surface area contributed by atoms with E-state index in [1.165, 1.54) is 0 Å². The minimum atomic E-state index is -0.339. The molecule has 4 rings (SSSR count). The first-order valence-corrected chi connectivity index (χ1v) is 8.97. The van der Waals surface area contributed by atoms with Gasteiger partial charge in [0.05, 0.1) is 5.69 Å². The molecule has 0 N–H and O–H groups in total. The molecule has 2 aromatic rings. The monoisotopic (exact) mass is 362 g/mol. The number of piperazine rings is 1. The average Bonchev–Trinajstić information content (AvgIpc) is 3.20. The van der Waals surface area contributed by atoms with E-state index in [1.807, 2.05) is 55.0 Å². The smallest absolute Gasteiger partial charge is 0.410 e. The standard InChI is InChI=1S/C21H20N3O3/c25-20(18-7-6-17-8-9-22-19(17)14-18)23-10-12-24(13-11-23)21(26)27-15-16-4-2-1-3-5-16/h1-9,14H,10-13,15H2. The van der Waals surface area contributed by atoms with Gasteiger partial charge in [0, 0.05) is 44.4 Å². The number of carbonyl (C=O) groups is 2. The third-order valence-corrected chi connectivity index (χ3v) is 4.78. The summed E-state index contributed by atoms with van der Waals surface area (Å²) in [5.74, 6) is -0.0304. The highest BCUT2D eigenvalue weighted by atomic mass is 16.6. The summed E-state index contributed by atoms with van der Waals surface area (Å²) >= 11 is 0. The summed E-state index contributed by atoms with van der Waals surface area (Å²) in [4.78, 5) is 32.6. The van der Waals surface area contributed by atoms with Crippen molar-refractivity contribution in [3.8, 4) is 0 Å². The fourth-order valence-electron chi connectivity index (χ4n) is 3.21. The molecular weight excluding hydrogens is 342 g/mol. The lowest BCUT2D eigenvalue weighted by atomic mass is 10.1. The van der Waals surface area contributed by atoms with Crippen molar-refractivity contribution in [3.63, 3.8) is 0 Å². The van der Waals surface area contributed by atoms with Gasteiger partial charge in [-0.1, -0.05) is 36.4 Å². The third kappa shape index (κ3) is 3.84. The van der Waals surface area contributed by atoms with Crippen LogP contribution in [0.3, 0.4) is 0 Å². The summed E-state index contributed by atoms with van der Waals surface area (Å²) < 4.78 is 5.36. The van der Waals surface area contributed by atoms with Crippen molar-refractivity contribution in [3.05, 3.63) is 71.6 Å². The second-order valence-electron chi connectivity index (χ2n) is 6.54. The second kappa shape index (κ2) is 7.61.